The van der Waals surface area contributed by atoms with Gasteiger partial charge in [-0.2, -0.15) is 0 Å². The number of benzene rings is 4. The largest absolute Gasteiger partial charge is 0.369 e. The van der Waals surface area contributed by atoms with E-state index in [1.54, 1.807) is 25.2 Å². The minimum absolute atomic E-state index is 0.135. The standard InChI is InChI=1S/C30H26FN3O/c1-30(24-12-8-11-23(19-24)25-13-6-7-14-26(25)31)27(28(35)34(2)29(32)33-30)22-17-15-21(16-18-22)20-9-4-3-5-10-20/h3-19,27H,1-2H3,(H2,32,33)/t27-,30+/m0/s1. The maximum absolute atomic E-state index is 14.5. The molecule has 0 radical (unpaired) electrons. The van der Waals surface area contributed by atoms with Crippen LogP contribution in [0.1, 0.15) is 24.0 Å². The molecule has 1 heterocycles. The molecule has 2 atom stereocenters. The number of hydrogen-bond acceptors (Lipinski definition) is 3. The van der Waals surface area contributed by atoms with E-state index in [0.29, 0.717) is 5.56 Å². The highest BCUT2D eigenvalue weighted by atomic mass is 19.1. The quantitative estimate of drug-likeness (QED) is 0.407. The highest BCUT2D eigenvalue weighted by Crippen LogP contribution is 2.45. The molecule has 4 nitrogen and oxygen atoms in total. The van der Waals surface area contributed by atoms with E-state index in [-0.39, 0.29) is 17.7 Å². The summed E-state index contributed by atoms with van der Waals surface area (Å²) in [5, 5.41) is 0. The Morgan fingerprint density at radius 3 is 2.17 bits per heavy atom. The van der Waals surface area contributed by atoms with E-state index in [9.17, 15) is 9.18 Å². The van der Waals surface area contributed by atoms with Crippen molar-refractivity contribution in [2.45, 2.75) is 18.4 Å². The van der Waals surface area contributed by atoms with Gasteiger partial charge in [-0.3, -0.25) is 9.69 Å². The van der Waals surface area contributed by atoms with Crippen molar-refractivity contribution in [3.8, 4) is 22.3 Å². The maximum atomic E-state index is 14.5. The number of halogens is 1. The van der Waals surface area contributed by atoms with Crippen molar-refractivity contribution >= 4 is 11.9 Å². The van der Waals surface area contributed by atoms with Crippen LogP contribution in [-0.4, -0.2) is 23.8 Å². The lowest BCUT2D eigenvalue weighted by Crippen LogP contribution is -2.52. The van der Waals surface area contributed by atoms with Gasteiger partial charge in [-0.1, -0.05) is 91.0 Å². The van der Waals surface area contributed by atoms with Crippen LogP contribution in [0.2, 0.25) is 0 Å². The predicted molar refractivity (Wildman–Crippen MR) is 138 cm³/mol. The van der Waals surface area contributed by atoms with E-state index in [2.05, 4.69) is 12.1 Å². The average Bonchev–Trinajstić information content (AvgIpc) is 2.89. The first kappa shape index (κ1) is 22.5. The molecule has 5 rings (SSSR count). The molecule has 1 amide bonds. The third-order valence-corrected chi connectivity index (χ3v) is 6.81. The Hall–Kier alpha value is -4.25. The second-order valence-corrected chi connectivity index (χ2v) is 9.00. The lowest BCUT2D eigenvalue weighted by atomic mass is 9.73. The van der Waals surface area contributed by atoms with E-state index in [0.717, 1.165) is 27.8 Å². The first-order chi connectivity index (χ1) is 16.9. The zero-order valence-electron chi connectivity index (χ0n) is 19.7. The van der Waals surface area contributed by atoms with Crippen molar-refractivity contribution in [3.63, 3.8) is 0 Å². The molecule has 4 aromatic carbocycles. The van der Waals surface area contributed by atoms with E-state index in [1.807, 2.05) is 73.7 Å². The lowest BCUT2D eigenvalue weighted by Gasteiger charge is -2.41. The SMILES string of the molecule is CN1C(=O)[C@H](c2ccc(-c3ccccc3)cc2)[C@@](C)(c2cccc(-c3ccccc3F)c2)N=C1N. The summed E-state index contributed by atoms with van der Waals surface area (Å²) in [7, 11) is 1.64. The third-order valence-electron chi connectivity index (χ3n) is 6.81. The summed E-state index contributed by atoms with van der Waals surface area (Å²) >= 11 is 0. The van der Waals surface area contributed by atoms with Gasteiger partial charge in [0.2, 0.25) is 5.91 Å². The van der Waals surface area contributed by atoms with Gasteiger partial charge in [-0.15, -0.1) is 0 Å². The van der Waals surface area contributed by atoms with Crippen molar-refractivity contribution in [1.82, 2.24) is 4.90 Å². The van der Waals surface area contributed by atoms with Gasteiger partial charge >= 0.3 is 0 Å². The van der Waals surface area contributed by atoms with Gasteiger partial charge in [0.05, 0.1) is 5.92 Å². The number of guanidine groups is 1. The molecule has 5 heteroatoms. The Labute approximate surface area is 204 Å². The molecule has 0 spiro atoms. The number of nitrogens with zero attached hydrogens (tertiary/aromatic N) is 2. The Morgan fingerprint density at radius 2 is 1.46 bits per heavy atom. The topological polar surface area (TPSA) is 58.7 Å². The fraction of sp³-hybridized carbons (Fsp3) is 0.133. The third kappa shape index (κ3) is 3.99. The first-order valence-corrected chi connectivity index (χ1v) is 11.5. The van der Waals surface area contributed by atoms with Crippen molar-refractivity contribution in [2.24, 2.45) is 10.7 Å². The summed E-state index contributed by atoms with van der Waals surface area (Å²) in [4.78, 5) is 19.8. The Bertz CT molecular complexity index is 1420. The monoisotopic (exact) mass is 463 g/mol. The fourth-order valence-corrected chi connectivity index (χ4v) is 4.82. The Kier molecular flexibility index (Phi) is 5.69. The molecule has 2 N–H and O–H groups in total. The van der Waals surface area contributed by atoms with Crippen LogP contribution < -0.4 is 5.73 Å². The van der Waals surface area contributed by atoms with Crippen molar-refractivity contribution < 1.29 is 9.18 Å². The van der Waals surface area contributed by atoms with Crippen LogP contribution in [0.15, 0.2) is 108 Å². The number of hydrogen-bond donors (Lipinski definition) is 1. The summed E-state index contributed by atoms with van der Waals surface area (Å²) in [5.74, 6) is -0.875. The summed E-state index contributed by atoms with van der Waals surface area (Å²) in [6, 6.07) is 32.3. The van der Waals surface area contributed by atoms with Crippen molar-refractivity contribution in [3.05, 3.63) is 120 Å². The molecule has 35 heavy (non-hydrogen) atoms. The molecule has 1 aliphatic rings. The number of amides is 1. The molecule has 174 valence electrons. The van der Waals surface area contributed by atoms with Gasteiger partial charge in [-0.05, 0) is 46.9 Å². The van der Waals surface area contributed by atoms with E-state index < -0.39 is 11.5 Å². The fourth-order valence-electron chi connectivity index (χ4n) is 4.82. The molecule has 0 saturated heterocycles. The highest BCUT2D eigenvalue weighted by Gasteiger charge is 2.47. The predicted octanol–water partition coefficient (Wildman–Crippen LogP) is 5.95. The highest BCUT2D eigenvalue weighted by molar-refractivity contribution is 6.02. The number of likely N-dealkylation sites (N-methyl/N-ethyl adjacent to an activating group) is 1. The van der Waals surface area contributed by atoms with E-state index in [1.165, 1.54) is 11.0 Å². The minimum atomic E-state index is -0.969. The Morgan fingerprint density at radius 1 is 0.829 bits per heavy atom. The molecule has 0 saturated carbocycles. The summed E-state index contributed by atoms with van der Waals surface area (Å²) in [5.41, 5.74) is 10.2. The van der Waals surface area contributed by atoms with Gasteiger partial charge in [0.15, 0.2) is 5.96 Å². The van der Waals surface area contributed by atoms with Crippen LogP contribution in [0.3, 0.4) is 0 Å². The smallest absolute Gasteiger partial charge is 0.239 e. The average molecular weight is 464 g/mol. The zero-order chi connectivity index (χ0) is 24.6. The number of nitrogens with two attached hydrogens (primary N) is 1. The van der Waals surface area contributed by atoms with Gasteiger partial charge < -0.3 is 5.73 Å². The maximum Gasteiger partial charge on any atom is 0.239 e. The number of aliphatic imine (C=N–C) groups is 1. The summed E-state index contributed by atoms with van der Waals surface area (Å²) in [6.07, 6.45) is 0. The van der Waals surface area contributed by atoms with Crippen LogP contribution >= 0.6 is 0 Å². The normalized spacial score (nSPS) is 20.0. The van der Waals surface area contributed by atoms with Crippen LogP contribution in [0.5, 0.6) is 0 Å². The van der Waals surface area contributed by atoms with Crippen LogP contribution in [0.4, 0.5) is 4.39 Å². The molecule has 1 aliphatic heterocycles. The lowest BCUT2D eigenvalue weighted by molar-refractivity contribution is -0.130. The molecule has 0 unspecified atom stereocenters. The van der Waals surface area contributed by atoms with Gasteiger partial charge in [0, 0.05) is 12.6 Å². The van der Waals surface area contributed by atoms with Crippen molar-refractivity contribution in [1.29, 1.82) is 0 Å². The summed E-state index contributed by atoms with van der Waals surface area (Å²) < 4.78 is 14.5. The first-order valence-electron chi connectivity index (χ1n) is 11.5. The second-order valence-electron chi connectivity index (χ2n) is 9.00. The van der Waals surface area contributed by atoms with Gasteiger partial charge in [0.25, 0.3) is 0 Å². The molecule has 0 aliphatic carbocycles. The van der Waals surface area contributed by atoms with Crippen molar-refractivity contribution in [2.75, 3.05) is 7.05 Å². The van der Waals surface area contributed by atoms with Gasteiger partial charge in [0.1, 0.15) is 11.4 Å². The van der Waals surface area contributed by atoms with Gasteiger partial charge in [-0.25, -0.2) is 9.38 Å². The van der Waals surface area contributed by atoms with E-state index in [4.69, 9.17) is 10.7 Å². The Balaban J connectivity index is 1.61. The number of carbonyl (C=O) groups is 1. The molecule has 4 aromatic rings. The second kappa shape index (κ2) is 8.84. The summed E-state index contributed by atoms with van der Waals surface area (Å²) in [6.45, 7) is 1.92. The molecule has 0 aromatic heterocycles. The molecular weight excluding hydrogens is 437 g/mol. The zero-order valence-corrected chi connectivity index (χ0v) is 19.7. The van der Waals surface area contributed by atoms with Crippen LogP contribution in [0.25, 0.3) is 22.3 Å². The molecule has 0 fully saturated rings. The molecular formula is C30H26FN3O. The van der Waals surface area contributed by atoms with Crippen LogP contribution in [-0.2, 0) is 10.3 Å². The molecule has 0 bridgehead atoms. The number of carbonyl (C=O) groups excluding carboxylic acids is 1. The minimum Gasteiger partial charge on any atom is -0.369 e. The van der Waals surface area contributed by atoms with Crippen LogP contribution in [0, 0.1) is 5.82 Å². The number of rotatable bonds is 4. The van der Waals surface area contributed by atoms with E-state index >= 15 is 0 Å².